The summed E-state index contributed by atoms with van der Waals surface area (Å²) in [6.07, 6.45) is 3.79. The number of hydrogen-bond donors (Lipinski definition) is 1. The maximum Gasteiger partial charge on any atom is 0.147 e. The first-order valence-electron chi connectivity index (χ1n) is 6.85. The minimum Gasteiger partial charge on any atom is -0.376 e. The molecule has 0 spiro atoms. The Morgan fingerprint density at radius 3 is 2.60 bits per heavy atom. The standard InChI is InChI=1S/C15H20BrClFNO/c1-9-5-7-15(20-2,8-6-9)14(19)10-3-4-11(16)12(17)13(10)18/h3-4,9,14H,5-8,19H2,1-2H3. The molecule has 1 saturated carbocycles. The number of benzene rings is 1. The summed E-state index contributed by atoms with van der Waals surface area (Å²) >= 11 is 9.18. The van der Waals surface area contributed by atoms with Crippen LogP contribution in [0.4, 0.5) is 4.39 Å². The molecule has 0 radical (unpaired) electrons. The average Bonchev–Trinajstić information content (AvgIpc) is 2.46. The van der Waals surface area contributed by atoms with Gasteiger partial charge in [-0.2, -0.15) is 0 Å². The molecule has 1 atom stereocenters. The van der Waals surface area contributed by atoms with Crippen LogP contribution in [0.2, 0.25) is 5.02 Å². The quantitative estimate of drug-likeness (QED) is 0.779. The van der Waals surface area contributed by atoms with Crippen molar-refractivity contribution < 1.29 is 9.13 Å². The Bertz CT molecular complexity index is 489. The summed E-state index contributed by atoms with van der Waals surface area (Å²) in [4.78, 5) is 0. The topological polar surface area (TPSA) is 35.2 Å². The maximum atomic E-state index is 14.4. The Balaban J connectivity index is 2.34. The molecule has 0 aliphatic heterocycles. The van der Waals surface area contributed by atoms with Crippen molar-refractivity contribution in [1.82, 2.24) is 0 Å². The van der Waals surface area contributed by atoms with Crippen LogP contribution in [-0.2, 0) is 4.74 Å². The van der Waals surface area contributed by atoms with Gasteiger partial charge < -0.3 is 10.5 Å². The van der Waals surface area contributed by atoms with Crippen LogP contribution < -0.4 is 5.73 Å². The third-order valence-electron chi connectivity index (χ3n) is 4.49. The summed E-state index contributed by atoms with van der Waals surface area (Å²) in [6.45, 7) is 2.22. The first kappa shape index (κ1) is 16.2. The van der Waals surface area contributed by atoms with Crippen LogP contribution in [0.5, 0.6) is 0 Å². The van der Waals surface area contributed by atoms with E-state index in [1.165, 1.54) is 0 Å². The molecule has 20 heavy (non-hydrogen) atoms. The highest BCUT2D eigenvalue weighted by molar-refractivity contribution is 9.10. The zero-order valence-electron chi connectivity index (χ0n) is 11.8. The lowest BCUT2D eigenvalue weighted by Gasteiger charge is -2.42. The molecule has 0 saturated heterocycles. The van der Waals surface area contributed by atoms with Crippen molar-refractivity contribution in [3.8, 4) is 0 Å². The lowest BCUT2D eigenvalue weighted by atomic mass is 9.73. The van der Waals surface area contributed by atoms with E-state index >= 15 is 0 Å². The molecule has 1 aromatic carbocycles. The van der Waals surface area contributed by atoms with E-state index in [4.69, 9.17) is 22.1 Å². The van der Waals surface area contributed by atoms with Crippen molar-refractivity contribution in [1.29, 1.82) is 0 Å². The van der Waals surface area contributed by atoms with Crippen LogP contribution in [-0.4, -0.2) is 12.7 Å². The fourth-order valence-corrected chi connectivity index (χ4v) is 3.44. The second-order valence-corrected chi connectivity index (χ2v) is 6.93. The van der Waals surface area contributed by atoms with E-state index in [0.29, 0.717) is 16.0 Å². The van der Waals surface area contributed by atoms with E-state index in [-0.39, 0.29) is 5.02 Å². The fourth-order valence-electron chi connectivity index (χ4n) is 2.96. The number of ether oxygens (including phenoxy) is 1. The molecule has 112 valence electrons. The van der Waals surface area contributed by atoms with Crippen LogP contribution in [0.1, 0.15) is 44.2 Å². The third-order valence-corrected chi connectivity index (χ3v) is 5.75. The van der Waals surface area contributed by atoms with Crippen LogP contribution >= 0.6 is 27.5 Å². The van der Waals surface area contributed by atoms with Gasteiger partial charge in [0.2, 0.25) is 0 Å². The third kappa shape index (κ3) is 2.89. The molecule has 0 amide bonds. The van der Waals surface area contributed by atoms with Gasteiger partial charge in [0.15, 0.2) is 0 Å². The SMILES string of the molecule is COC1(C(N)c2ccc(Br)c(Cl)c2F)CCC(C)CC1. The number of halogens is 3. The Hall–Kier alpha value is -0.160. The van der Waals surface area contributed by atoms with Gasteiger partial charge in [-0.25, -0.2) is 4.39 Å². The number of nitrogens with two attached hydrogens (primary N) is 1. The zero-order valence-corrected chi connectivity index (χ0v) is 14.1. The highest BCUT2D eigenvalue weighted by Crippen LogP contribution is 2.43. The normalized spacial score (nSPS) is 28.4. The van der Waals surface area contributed by atoms with Gasteiger partial charge in [-0.3, -0.25) is 0 Å². The van der Waals surface area contributed by atoms with E-state index in [1.54, 1.807) is 19.2 Å². The fraction of sp³-hybridized carbons (Fsp3) is 0.600. The molecule has 0 heterocycles. The van der Waals surface area contributed by atoms with Crippen molar-refractivity contribution >= 4 is 27.5 Å². The van der Waals surface area contributed by atoms with Crippen molar-refractivity contribution in [2.75, 3.05) is 7.11 Å². The van der Waals surface area contributed by atoms with E-state index in [9.17, 15) is 4.39 Å². The van der Waals surface area contributed by atoms with Crippen LogP contribution in [0.25, 0.3) is 0 Å². The highest BCUT2D eigenvalue weighted by atomic mass is 79.9. The molecule has 2 rings (SSSR count). The monoisotopic (exact) mass is 363 g/mol. The van der Waals surface area contributed by atoms with Crippen LogP contribution in [0.15, 0.2) is 16.6 Å². The Morgan fingerprint density at radius 1 is 1.45 bits per heavy atom. The van der Waals surface area contributed by atoms with E-state index in [2.05, 4.69) is 22.9 Å². The first-order chi connectivity index (χ1) is 9.41. The Labute approximate surface area is 132 Å². The molecule has 1 aromatic rings. The van der Waals surface area contributed by atoms with Crippen molar-refractivity contribution in [2.45, 2.75) is 44.2 Å². The van der Waals surface area contributed by atoms with Crippen LogP contribution in [0, 0.1) is 11.7 Å². The Morgan fingerprint density at radius 2 is 2.05 bits per heavy atom. The number of methoxy groups -OCH3 is 1. The van der Waals surface area contributed by atoms with Crippen LogP contribution in [0.3, 0.4) is 0 Å². The predicted molar refractivity (Wildman–Crippen MR) is 83.4 cm³/mol. The molecule has 1 unspecified atom stereocenters. The minimum atomic E-state index is -0.509. The van der Waals surface area contributed by atoms with Gasteiger partial charge in [0, 0.05) is 17.1 Å². The minimum absolute atomic E-state index is 0.0772. The van der Waals surface area contributed by atoms with Gasteiger partial charge in [0.05, 0.1) is 16.7 Å². The molecular weight excluding hydrogens is 345 g/mol. The Kier molecular flexibility index (Phi) is 5.11. The second-order valence-electron chi connectivity index (χ2n) is 5.69. The lowest BCUT2D eigenvalue weighted by Crippen LogP contribution is -2.46. The number of hydrogen-bond acceptors (Lipinski definition) is 2. The molecule has 1 aliphatic carbocycles. The van der Waals surface area contributed by atoms with Gasteiger partial charge in [-0.15, -0.1) is 0 Å². The average molecular weight is 365 g/mol. The first-order valence-corrected chi connectivity index (χ1v) is 8.02. The number of rotatable bonds is 3. The van der Waals surface area contributed by atoms with Gasteiger partial charge >= 0.3 is 0 Å². The van der Waals surface area contributed by atoms with E-state index < -0.39 is 17.5 Å². The zero-order chi connectivity index (χ0) is 14.9. The van der Waals surface area contributed by atoms with Gasteiger partial charge in [-0.05, 0) is 53.6 Å². The molecular formula is C15H20BrClFNO. The molecule has 5 heteroatoms. The summed E-state index contributed by atoms with van der Waals surface area (Å²) in [5.41, 5.74) is 6.27. The molecule has 0 aromatic heterocycles. The smallest absolute Gasteiger partial charge is 0.147 e. The largest absolute Gasteiger partial charge is 0.376 e. The van der Waals surface area contributed by atoms with Gasteiger partial charge in [0.1, 0.15) is 5.82 Å². The van der Waals surface area contributed by atoms with Gasteiger partial charge in [-0.1, -0.05) is 24.6 Å². The molecule has 1 aliphatic rings. The predicted octanol–water partition coefficient (Wildman–Crippen LogP) is 4.84. The van der Waals surface area contributed by atoms with Crippen molar-refractivity contribution in [3.63, 3.8) is 0 Å². The summed E-state index contributed by atoms with van der Waals surface area (Å²) in [6, 6.07) is 2.91. The van der Waals surface area contributed by atoms with Crippen molar-refractivity contribution in [2.24, 2.45) is 11.7 Å². The summed E-state index contributed by atoms with van der Waals surface area (Å²) in [5, 5.41) is 0.0772. The van der Waals surface area contributed by atoms with Crippen molar-refractivity contribution in [3.05, 3.63) is 33.0 Å². The second kappa shape index (κ2) is 6.30. The lowest BCUT2D eigenvalue weighted by molar-refractivity contribution is -0.0678. The van der Waals surface area contributed by atoms with Gasteiger partial charge in [0.25, 0.3) is 0 Å². The summed E-state index contributed by atoms with van der Waals surface area (Å²) in [5.74, 6) is 0.215. The van der Waals surface area contributed by atoms with E-state index in [0.717, 1.165) is 25.7 Å². The highest BCUT2D eigenvalue weighted by Gasteiger charge is 2.41. The molecule has 2 N–H and O–H groups in total. The summed E-state index contributed by atoms with van der Waals surface area (Å²) in [7, 11) is 1.66. The molecule has 2 nitrogen and oxygen atoms in total. The van der Waals surface area contributed by atoms with E-state index in [1.807, 2.05) is 0 Å². The molecule has 1 fully saturated rings. The molecule has 0 bridgehead atoms. The maximum absolute atomic E-state index is 14.4. The summed E-state index contributed by atoms with van der Waals surface area (Å²) < 4.78 is 20.6.